The summed E-state index contributed by atoms with van der Waals surface area (Å²) in [4.78, 5) is 17.6. The third-order valence-corrected chi connectivity index (χ3v) is 5.90. The smallest absolute Gasteiger partial charge is 0.262 e. The first-order valence-electron chi connectivity index (χ1n) is 8.55. The zero-order chi connectivity index (χ0) is 18.2. The zero-order valence-corrected chi connectivity index (χ0v) is 17.3. The van der Waals surface area contributed by atoms with Gasteiger partial charge < -0.3 is 4.74 Å². The number of benzene rings is 1. The van der Waals surface area contributed by atoms with Crippen LogP contribution >= 0.6 is 35.1 Å². The number of ether oxygens (including phenoxy) is 1. The lowest BCUT2D eigenvalue weighted by atomic mass is 10.2. The van der Waals surface area contributed by atoms with Crippen molar-refractivity contribution in [2.45, 2.75) is 45.0 Å². The Kier molecular flexibility index (Phi) is 8.62. The molecule has 2 rings (SSSR count). The second-order valence-corrected chi connectivity index (χ2v) is 8.72. The molecule has 0 radical (unpaired) electrons. The van der Waals surface area contributed by atoms with Gasteiger partial charge in [-0.3, -0.25) is 9.36 Å². The van der Waals surface area contributed by atoms with E-state index in [1.807, 2.05) is 25.6 Å². The molecule has 1 aromatic heterocycles. The van der Waals surface area contributed by atoms with Gasteiger partial charge in [0.1, 0.15) is 0 Å². The van der Waals surface area contributed by atoms with E-state index in [9.17, 15) is 4.79 Å². The zero-order valence-electron chi connectivity index (χ0n) is 15.0. The lowest BCUT2D eigenvalue weighted by molar-refractivity contribution is 0.0743. The summed E-state index contributed by atoms with van der Waals surface area (Å²) in [6.07, 6.45) is 0.990. The summed E-state index contributed by atoms with van der Waals surface area (Å²) in [5.74, 6) is 3.07. The maximum Gasteiger partial charge on any atom is 0.262 e. The second-order valence-electron chi connectivity index (χ2n) is 5.83. The first-order valence-corrected chi connectivity index (χ1v) is 11.1. The van der Waals surface area contributed by atoms with Gasteiger partial charge in [0.25, 0.3) is 5.56 Å². The SMILES string of the molecule is CCSCCSc1nc2cc(Cl)ccc2c(=O)n1CCCOC(C)C. The summed E-state index contributed by atoms with van der Waals surface area (Å²) >= 11 is 9.59. The van der Waals surface area contributed by atoms with Crippen LogP contribution < -0.4 is 5.56 Å². The highest BCUT2D eigenvalue weighted by Gasteiger charge is 2.12. The Morgan fingerprint density at radius 2 is 2.12 bits per heavy atom. The van der Waals surface area contributed by atoms with Crippen LogP contribution in [0.15, 0.2) is 28.2 Å². The highest BCUT2D eigenvalue weighted by Crippen LogP contribution is 2.21. The molecule has 0 amide bonds. The fourth-order valence-corrected chi connectivity index (χ4v) is 4.29. The molecule has 0 N–H and O–H groups in total. The van der Waals surface area contributed by atoms with Gasteiger partial charge in [0.05, 0.1) is 17.0 Å². The Morgan fingerprint density at radius 3 is 2.84 bits per heavy atom. The summed E-state index contributed by atoms with van der Waals surface area (Å²) in [6, 6.07) is 5.26. The third kappa shape index (κ3) is 6.20. The molecule has 1 heterocycles. The highest BCUT2D eigenvalue weighted by molar-refractivity contribution is 8.02. The minimum atomic E-state index is -0.00291. The van der Waals surface area contributed by atoms with Crippen molar-refractivity contribution in [2.24, 2.45) is 0 Å². The van der Waals surface area contributed by atoms with Crippen molar-refractivity contribution < 1.29 is 4.74 Å². The normalized spacial score (nSPS) is 11.6. The Balaban J connectivity index is 2.25. The number of fused-ring (bicyclic) bond motifs is 1. The molecule has 7 heteroatoms. The third-order valence-electron chi connectivity index (χ3n) is 3.52. The lowest BCUT2D eigenvalue weighted by Gasteiger charge is -2.14. The van der Waals surface area contributed by atoms with Crippen LogP contribution in [0.2, 0.25) is 5.02 Å². The number of hydrogen-bond donors (Lipinski definition) is 0. The summed E-state index contributed by atoms with van der Waals surface area (Å²) in [5.41, 5.74) is 0.662. The van der Waals surface area contributed by atoms with Gasteiger partial charge in [-0.1, -0.05) is 30.3 Å². The average Bonchev–Trinajstić information content (AvgIpc) is 2.57. The number of rotatable bonds is 10. The van der Waals surface area contributed by atoms with E-state index in [0.29, 0.717) is 29.1 Å². The molecule has 2 aromatic rings. The number of hydrogen-bond acceptors (Lipinski definition) is 5. The molecule has 0 saturated heterocycles. The molecule has 0 atom stereocenters. The van der Waals surface area contributed by atoms with Gasteiger partial charge in [-0.05, 0) is 44.2 Å². The Morgan fingerprint density at radius 1 is 1.32 bits per heavy atom. The van der Waals surface area contributed by atoms with Gasteiger partial charge in [-0.25, -0.2) is 4.98 Å². The molecule has 0 spiro atoms. The number of nitrogens with zero attached hydrogens (tertiary/aromatic N) is 2. The van der Waals surface area contributed by atoms with Crippen molar-refractivity contribution in [3.8, 4) is 0 Å². The Labute approximate surface area is 162 Å². The molecular weight excluding hydrogens is 376 g/mol. The topological polar surface area (TPSA) is 44.1 Å². The van der Waals surface area contributed by atoms with Crippen LogP contribution in [-0.4, -0.2) is 39.5 Å². The summed E-state index contributed by atoms with van der Waals surface area (Å²) < 4.78 is 7.38. The van der Waals surface area contributed by atoms with Crippen molar-refractivity contribution in [3.63, 3.8) is 0 Å². The maximum absolute atomic E-state index is 12.9. The van der Waals surface area contributed by atoms with Gasteiger partial charge in [0, 0.05) is 29.7 Å². The Hall–Kier alpha value is -0.690. The summed E-state index contributed by atoms with van der Waals surface area (Å²) in [5, 5.41) is 1.97. The molecule has 0 fully saturated rings. The van der Waals surface area contributed by atoms with E-state index in [2.05, 4.69) is 6.92 Å². The average molecular weight is 401 g/mol. The minimum absolute atomic E-state index is 0.00291. The van der Waals surface area contributed by atoms with Gasteiger partial charge in [-0.15, -0.1) is 0 Å². The monoisotopic (exact) mass is 400 g/mol. The predicted octanol–water partition coefficient (Wildman–Crippen LogP) is 4.71. The van der Waals surface area contributed by atoms with Gasteiger partial charge in [0.15, 0.2) is 5.16 Å². The second kappa shape index (κ2) is 10.5. The lowest BCUT2D eigenvalue weighted by Crippen LogP contribution is -2.24. The molecule has 0 saturated carbocycles. The van der Waals surface area contributed by atoms with Gasteiger partial charge in [-0.2, -0.15) is 11.8 Å². The molecule has 0 bridgehead atoms. The molecule has 0 unspecified atom stereocenters. The number of aromatic nitrogens is 2. The van der Waals surface area contributed by atoms with Crippen molar-refractivity contribution in [2.75, 3.05) is 23.9 Å². The first kappa shape index (κ1) is 20.6. The summed E-state index contributed by atoms with van der Waals surface area (Å²) in [6.45, 7) is 7.43. The fraction of sp³-hybridized carbons (Fsp3) is 0.556. The molecule has 1 aromatic carbocycles. The fourth-order valence-electron chi connectivity index (χ4n) is 2.36. The van der Waals surface area contributed by atoms with Crippen LogP contribution in [0.3, 0.4) is 0 Å². The highest BCUT2D eigenvalue weighted by atomic mass is 35.5. The van der Waals surface area contributed by atoms with Crippen molar-refractivity contribution >= 4 is 46.0 Å². The molecule has 0 aliphatic heterocycles. The van der Waals surface area contributed by atoms with Crippen LogP contribution in [0.25, 0.3) is 10.9 Å². The van der Waals surface area contributed by atoms with E-state index in [-0.39, 0.29) is 11.7 Å². The van der Waals surface area contributed by atoms with Crippen LogP contribution in [0.4, 0.5) is 0 Å². The largest absolute Gasteiger partial charge is 0.379 e. The summed E-state index contributed by atoms with van der Waals surface area (Å²) in [7, 11) is 0. The molecular formula is C18H25ClN2O2S2. The Bertz CT molecular complexity index is 750. The van der Waals surface area contributed by atoms with E-state index < -0.39 is 0 Å². The molecule has 0 aliphatic carbocycles. The quantitative estimate of drug-likeness (QED) is 0.328. The van der Waals surface area contributed by atoms with Crippen molar-refractivity contribution in [1.29, 1.82) is 0 Å². The van der Waals surface area contributed by atoms with E-state index in [4.69, 9.17) is 21.3 Å². The molecule has 25 heavy (non-hydrogen) atoms. The standard InChI is InChI=1S/C18H25ClN2O2S2/c1-4-24-10-11-25-18-20-16-12-14(19)6-7-15(16)17(22)21(18)8-5-9-23-13(2)3/h6-7,12-13H,4-5,8-11H2,1-3H3. The molecule has 4 nitrogen and oxygen atoms in total. The first-order chi connectivity index (χ1) is 12.0. The van der Waals surface area contributed by atoms with Crippen LogP contribution in [0.1, 0.15) is 27.2 Å². The van der Waals surface area contributed by atoms with Crippen LogP contribution in [0, 0.1) is 0 Å². The van der Waals surface area contributed by atoms with Gasteiger partial charge >= 0.3 is 0 Å². The predicted molar refractivity (Wildman–Crippen MR) is 110 cm³/mol. The van der Waals surface area contributed by atoms with E-state index >= 15 is 0 Å². The van der Waals surface area contributed by atoms with E-state index in [0.717, 1.165) is 28.8 Å². The van der Waals surface area contributed by atoms with E-state index in [1.54, 1.807) is 34.5 Å². The molecule has 0 aliphatic rings. The van der Waals surface area contributed by atoms with Crippen molar-refractivity contribution in [3.05, 3.63) is 33.6 Å². The maximum atomic E-state index is 12.9. The van der Waals surface area contributed by atoms with Gasteiger partial charge in [0.2, 0.25) is 0 Å². The minimum Gasteiger partial charge on any atom is -0.379 e. The number of halogens is 1. The van der Waals surface area contributed by atoms with Crippen molar-refractivity contribution in [1.82, 2.24) is 9.55 Å². The van der Waals surface area contributed by atoms with E-state index in [1.165, 1.54) is 0 Å². The molecule has 138 valence electrons. The van der Waals surface area contributed by atoms with Crippen LogP contribution in [-0.2, 0) is 11.3 Å². The number of thioether (sulfide) groups is 2. The van der Waals surface area contributed by atoms with Crippen LogP contribution in [0.5, 0.6) is 0 Å².